The minimum Gasteiger partial charge on any atom is -0.350 e. The average Bonchev–Trinajstić information content (AvgIpc) is 3.53. The highest BCUT2D eigenvalue weighted by Gasteiger charge is 2.37. The highest BCUT2D eigenvalue weighted by Crippen LogP contribution is 2.52. The Morgan fingerprint density at radius 3 is 1.64 bits per heavy atom. The highest BCUT2D eigenvalue weighted by molar-refractivity contribution is 6.01. The Morgan fingerprint density at radius 2 is 0.948 bits per heavy atom. The van der Waals surface area contributed by atoms with Gasteiger partial charge >= 0.3 is 0 Å². The Bertz CT molecular complexity index is 2770. The molecule has 3 nitrogen and oxygen atoms in total. The van der Waals surface area contributed by atoms with Crippen LogP contribution in [0.1, 0.15) is 54.0 Å². The van der Waals surface area contributed by atoms with Crippen LogP contribution in [0.5, 0.6) is 0 Å². The van der Waals surface area contributed by atoms with Crippen LogP contribution in [-0.2, 0) is 5.41 Å². The fourth-order valence-corrected chi connectivity index (χ4v) is 9.14. The Labute approximate surface area is 342 Å². The molecular weight excluding hydrogens is 703 g/mol. The summed E-state index contributed by atoms with van der Waals surface area (Å²) in [5.74, 6) is 0.878. The van der Waals surface area contributed by atoms with Gasteiger partial charge in [-0.25, -0.2) is 4.99 Å². The Kier molecular flexibility index (Phi) is 8.96. The molecule has 1 N–H and O–H groups in total. The summed E-state index contributed by atoms with van der Waals surface area (Å²) in [7, 11) is 2.19. The largest absolute Gasteiger partial charge is 0.350 e. The number of hydrogen-bond acceptors (Lipinski definition) is 3. The van der Waals surface area contributed by atoms with E-state index in [1.165, 1.54) is 72.3 Å². The molecule has 0 bridgehead atoms. The molecule has 0 spiro atoms. The van der Waals surface area contributed by atoms with Crippen molar-refractivity contribution in [1.82, 2.24) is 10.2 Å². The number of hydrogen-bond donors (Lipinski definition) is 1. The third kappa shape index (κ3) is 6.25. The summed E-state index contributed by atoms with van der Waals surface area (Å²) in [4.78, 5) is 7.86. The van der Waals surface area contributed by atoms with Crippen molar-refractivity contribution in [3.63, 3.8) is 0 Å². The van der Waals surface area contributed by atoms with Crippen molar-refractivity contribution in [1.29, 1.82) is 0 Å². The lowest BCUT2D eigenvalue weighted by atomic mass is 9.82. The molecule has 8 aromatic rings. The molecule has 8 aromatic carbocycles. The van der Waals surface area contributed by atoms with Crippen molar-refractivity contribution >= 4 is 5.84 Å². The number of nitrogens with zero attached hydrogens (tertiary/aromatic N) is 2. The van der Waals surface area contributed by atoms with E-state index in [1.807, 2.05) is 0 Å². The molecule has 10 rings (SSSR count). The van der Waals surface area contributed by atoms with E-state index in [0.717, 1.165) is 17.0 Å². The van der Waals surface area contributed by atoms with Crippen LogP contribution in [-0.4, -0.2) is 17.8 Å². The molecular formula is C55H45N3. The van der Waals surface area contributed by atoms with Gasteiger partial charge in [0.05, 0.1) is 0 Å². The van der Waals surface area contributed by atoms with Gasteiger partial charge in [-0.2, -0.15) is 0 Å². The SMILES string of the molecule is CN1C(c2ccc(-c3ccccc3)cc2)N=C(c2ccc(-c3cccc4c3-c3ccccc3C4(C)C)cc2)NC1c1ccc(-c2ccccc2)cc1-c1ccccc1. The Hall–Kier alpha value is -6.81. The third-order valence-electron chi connectivity index (χ3n) is 12.3. The molecule has 2 atom stereocenters. The number of rotatable bonds is 7. The van der Waals surface area contributed by atoms with Crippen molar-refractivity contribution < 1.29 is 0 Å². The van der Waals surface area contributed by atoms with E-state index in [-0.39, 0.29) is 17.7 Å². The van der Waals surface area contributed by atoms with E-state index in [1.54, 1.807) is 0 Å². The van der Waals surface area contributed by atoms with Gasteiger partial charge in [0.15, 0.2) is 0 Å². The highest BCUT2D eigenvalue weighted by atomic mass is 15.4. The molecule has 0 aromatic heterocycles. The van der Waals surface area contributed by atoms with E-state index >= 15 is 0 Å². The van der Waals surface area contributed by atoms with E-state index in [0.29, 0.717) is 0 Å². The molecule has 280 valence electrons. The standard InChI is InChI=1S/C55H45N3/c1-55(2)49-24-14-13-22-47(49)51-45(23-15-25-50(51)55)41-28-30-42(31-29-41)52-56-53(43-32-26-39(27-33-43)37-16-7-4-8-17-37)58(3)54(57-52)46-35-34-44(38-18-9-5-10-19-38)36-48(46)40-20-11-6-12-21-40/h4-36,53-54H,1-3H3,(H,56,57). The molecule has 0 saturated heterocycles. The van der Waals surface area contributed by atoms with Crippen molar-refractivity contribution in [2.75, 3.05) is 7.05 Å². The maximum absolute atomic E-state index is 5.49. The predicted molar refractivity (Wildman–Crippen MR) is 242 cm³/mol. The lowest BCUT2D eigenvalue weighted by Gasteiger charge is -2.40. The number of amidine groups is 1. The van der Waals surface area contributed by atoms with Gasteiger partial charge in [-0.15, -0.1) is 0 Å². The van der Waals surface area contributed by atoms with Gasteiger partial charge in [0.2, 0.25) is 0 Å². The number of aliphatic imine (C=N–C) groups is 1. The van der Waals surface area contributed by atoms with Gasteiger partial charge in [0.1, 0.15) is 18.2 Å². The van der Waals surface area contributed by atoms with Crippen molar-refractivity contribution in [3.8, 4) is 55.6 Å². The Morgan fingerprint density at radius 1 is 0.448 bits per heavy atom. The molecule has 58 heavy (non-hydrogen) atoms. The minimum atomic E-state index is -0.223. The van der Waals surface area contributed by atoms with Gasteiger partial charge in [-0.1, -0.05) is 208 Å². The molecule has 1 heterocycles. The first kappa shape index (κ1) is 35.6. The zero-order valence-corrected chi connectivity index (χ0v) is 33.1. The number of fused-ring (bicyclic) bond motifs is 3. The molecule has 3 heteroatoms. The van der Waals surface area contributed by atoms with Crippen LogP contribution in [0.15, 0.2) is 205 Å². The monoisotopic (exact) mass is 747 g/mol. The lowest BCUT2D eigenvalue weighted by molar-refractivity contribution is 0.152. The minimum absolute atomic E-state index is 0.0458. The molecule has 2 aliphatic rings. The zero-order chi connectivity index (χ0) is 39.2. The summed E-state index contributed by atoms with van der Waals surface area (Å²) >= 11 is 0. The second-order valence-electron chi connectivity index (χ2n) is 16.1. The van der Waals surface area contributed by atoms with Crippen LogP contribution in [0.25, 0.3) is 55.6 Å². The molecule has 0 radical (unpaired) electrons. The third-order valence-corrected chi connectivity index (χ3v) is 12.3. The van der Waals surface area contributed by atoms with E-state index < -0.39 is 0 Å². The van der Waals surface area contributed by atoms with Crippen LogP contribution >= 0.6 is 0 Å². The molecule has 0 saturated carbocycles. The summed E-state index contributed by atoms with van der Waals surface area (Å²) < 4.78 is 0. The van der Waals surface area contributed by atoms with Crippen LogP contribution in [0.2, 0.25) is 0 Å². The fourth-order valence-electron chi connectivity index (χ4n) is 9.14. The molecule has 0 fully saturated rings. The van der Waals surface area contributed by atoms with Crippen molar-refractivity contribution in [2.45, 2.75) is 31.6 Å². The number of nitrogens with one attached hydrogen (secondary N) is 1. The summed E-state index contributed by atoms with van der Waals surface area (Å²) in [6, 6.07) is 72.5. The van der Waals surface area contributed by atoms with Crippen molar-refractivity contribution in [3.05, 3.63) is 228 Å². The van der Waals surface area contributed by atoms with Gasteiger partial charge in [0.25, 0.3) is 0 Å². The maximum atomic E-state index is 5.49. The second-order valence-corrected chi connectivity index (χ2v) is 16.1. The van der Waals surface area contributed by atoms with E-state index in [2.05, 4.69) is 231 Å². The smallest absolute Gasteiger partial charge is 0.132 e. The van der Waals surface area contributed by atoms with Crippen molar-refractivity contribution in [2.24, 2.45) is 4.99 Å². The second kappa shape index (κ2) is 14.6. The summed E-state index contributed by atoms with van der Waals surface area (Å²) in [6.45, 7) is 4.68. The summed E-state index contributed by atoms with van der Waals surface area (Å²) in [6.07, 6.45) is -0.388. The van der Waals surface area contributed by atoms with Crippen LogP contribution in [0, 0.1) is 0 Å². The van der Waals surface area contributed by atoms with E-state index in [9.17, 15) is 0 Å². The normalized spacial score (nSPS) is 16.8. The molecule has 1 aliphatic heterocycles. The number of benzene rings is 8. The Balaban J connectivity index is 1.07. The van der Waals surface area contributed by atoms with Gasteiger partial charge in [-0.3, -0.25) is 4.90 Å². The molecule has 2 unspecified atom stereocenters. The molecule has 0 amide bonds. The van der Waals surface area contributed by atoms with Gasteiger partial charge in [0, 0.05) is 11.0 Å². The topological polar surface area (TPSA) is 27.6 Å². The zero-order valence-electron chi connectivity index (χ0n) is 33.1. The fraction of sp³-hybridized carbons (Fsp3) is 0.109. The van der Waals surface area contributed by atoms with E-state index in [4.69, 9.17) is 4.99 Å². The lowest BCUT2D eigenvalue weighted by Crippen LogP contribution is -2.46. The van der Waals surface area contributed by atoms with Gasteiger partial charge in [-0.05, 0) is 91.0 Å². The van der Waals surface area contributed by atoms with Crippen LogP contribution in [0.4, 0.5) is 0 Å². The summed E-state index contributed by atoms with van der Waals surface area (Å²) in [5.41, 5.74) is 18.4. The molecule has 1 aliphatic carbocycles. The van der Waals surface area contributed by atoms with Crippen LogP contribution in [0.3, 0.4) is 0 Å². The first-order valence-electron chi connectivity index (χ1n) is 20.2. The predicted octanol–water partition coefficient (Wildman–Crippen LogP) is 13.3. The van der Waals surface area contributed by atoms with Crippen LogP contribution < -0.4 is 5.32 Å². The summed E-state index contributed by atoms with van der Waals surface area (Å²) in [5, 5.41) is 3.94. The quantitative estimate of drug-likeness (QED) is 0.176. The first-order chi connectivity index (χ1) is 28.4. The average molecular weight is 748 g/mol. The maximum Gasteiger partial charge on any atom is 0.132 e. The first-order valence-corrected chi connectivity index (χ1v) is 20.2. The van der Waals surface area contributed by atoms with Gasteiger partial charge < -0.3 is 5.32 Å².